The number of amides is 1. The third-order valence-corrected chi connectivity index (χ3v) is 7.05. The summed E-state index contributed by atoms with van der Waals surface area (Å²) in [5.74, 6) is -0.242. The standard InChI is InChI=1S/C24H22FN5O4S/c1-35(32,33)20-7-5-18(6-8-20)30-22-21(14-28-30)23(27-15-26-22)34-19-9-11-29(12-10-19)24(31)16-3-2-4-17(25)13-16/h2-8,13-15,19H,9-12H2,1H3. The quantitative estimate of drug-likeness (QED) is 0.419. The Labute approximate surface area is 201 Å². The summed E-state index contributed by atoms with van der Waals surface area (Å²) >= 11 is 0. The zero-order chi connectivity index (χ0) is 24.6. The first-order valence-corrected chi connectivity index (χ1v) is 12.9. The Hall–Kier alpha value is -3.86. The van der Waals surface area contributed by atoms with Gasteiger partial charge in [0, 0.05) is 37.8 Å². The average molecular weight is 496 g/mol. The number of hydrogen-bond donors (Lipinski definition) is 0. The van der Waals surface area contributed by atoms with Gasteiger partial charge >= 0.3 is 0 Å². The molecule has 5 rings (SSSR count). The molecule has 9 nitrogen and oxygen atoms in total. The van der Waals surface area contributed by atoms with E-state index in [1.165, 1.54) is 36.7 Å². The van der Waals surface area contributed by atoms with Crippen molar-refractivity contribution in [2.75, 3.05) is 19.3 Å². The van der Waals surface area contributed by atoms with Crippen molar-refractivity contribution < 1.29 is 22.3 Å². The molecule has 35 heavy (non-hydrogen) atoms. The van der Waals surface area contributed by atoms with Crippen LogP contribution in [0.5, 0.6) is 5.88 Å². The first-order valence-electron chi connectivity index (χ1n) is 11.0. The van der Waals surface area contributed by atoms with E-state index in [1.807, 2.05) is 0 Å². The number of fused-ring (bicyclic) bond motifs is 1. The predicted molar refractivity (Wildman–Crippen MR) is 126 cm³/mol. The Morgan fingerprint density at radius 3 is 2.51 bits per heavy atom. The molecule has 3 heterocycles. The fourth-order valence-electron chi connectivity index (χ4n) is 4.08. The van der Waals surface area contributed by atoms with E-state index >= 15 is 0 Å². The van der Waals surface area contributed by atoms with Gasteiger partial charge in [0.1, 0.15) is 23.6 Å². The highest BCUT2D eigenvalue weighted by Crippen LogP contribution is 2.27. The molecule has 1 amide bonds. The highest BCUT2D eigenvalue weighted by atomic mass is 32.2. The number of carbonyl (C=O) groups excluding carboxylic acids is 1. The maximum atomic E-state index is 13.5. The number of hydrogen-bond acceptors (Lipinski definition) is 7. The number of sulfone groups is 1. The Kier molecular flexibility index (Phi) is 5.93. The molecular formula is C24H22FN5O4S. The third-order valence-electron chi connectivity index (χ3n) is 5.92. The van der Waals surface area contributed by atoms with E-state index in [0.717, 1.165) is 6.26 Å². The molecule has 180 valence electrons. The van der Waals surface area contributed by atoms with E-state index in [4.69, 9.17) is 4.74 Å². The molecule has 2 aromatic carbocycles. The molecule has 0 atom stereocenters. The third kappa shape index (κ3) is 4.72. The summed E-state index contributed by atoms with van der Waals surface area (Å²) in [6.07, 6.45) is 5.22. The van der Waals surface area contributed by atoms with Crippen molar-refractivity contribution >= 4 is 26.8 Å². The van der Waals surface area contributed by atoms with Crippen molar-refractivity contribution in [3.8, 4) is 11.6 Å². The number of rotatable bonds is 5. The summed E-state index contributed by atoms with van der Waals surface area (Å²) in [6.45, 7) is 0.973. The van der Waals surface area contributed by atoms with Crippen LogP contribution in [0.3, 0.4) is 0 Å². The number of carbonyl (C=O) groups is 1. The van der Waals surface area contributed by atoms with Crippen LogP contribution in [0.25, 0.3) is 16.7 Å². The summed E-state index contributed by atoms with van der Waals surface area (Å²) in [4.78, 5) is 23.2. The van der Waals surface area contributed by atoms with E-state index < -0.39 is 15.7 Å². The topological polar surface area (TPSA) is 107 Å². The van der Waals surface area contributed by atoms with Gasteiger partial charge in [-0.05, 0) is 42.5 Å². The van der Waals surface area contributed by atoms with Crippen LogP contribution in [0.1, 0.15) is 23.2 Å². The number of piperidine rings is 1. The number of halogens is 1. The second-order valence-electron chi connectivity index (χ2n) is 8.36. The summed E-state index contributed by atoms with van der Waals surface area (Å²) in [7, 11) is -3.30. The van der Waals surface area contributed by atoms with Gasteiger partial charge in [-0.3, -0.25) is 4.79 Å². The van der Waals surface area contributed by atoms with E-state index in [9.17, 15) is 17.6 Å². The van der Waals surface area contributed by atoms with Crippen LogP contribution in [0, 0.1) is 5.82 Å². The Balaban J connectivity index is 1.29. The Morgan fingerprint density at radius 1 is 1.09 bits per heavy atom. The number of aromatic nitrogens is 4. The van der Waals surface area contributed by atoms with Crippen LogP contribution in [-0.4, -0.2) is 64.4 Å². The largest absolute Gasteiger partial charge is 0.474 e. The maximum Gasteiger partial charge on any atom is 0.253 e. The molecule has 0 unspecified atom stereocenters. The molecule has 0 N–H and O–H groups in total. The van der Waals surface area contributed by atoms with Crippen LogP contribution in [-0.2, 0) is 9.84 Å². The van der Waals surface area contributed by atoms with Gasteiger partial charge in [-0.25, -0.2) is 27.5 Å². The van der Waals surface area contributed by atoms with E-state index in [-0.39, 0.29) is 16.9 Å². The molecule has 1 aliphatic rings. The lowest BCUT2D eigenvalue weighted by molar-refractivity contribution is 0.0590. The lowest BCUT2D eigenvalue weighted by Gasteiger charge is -2.32. The summed E-state index contributed by atoms with van der Waals surface area (Å²) in [5.41, 5.74) is 1.51. The van der Waals surface area contributed by atoms with Gasteiger partial charge in [0.05, 0.1) is 16.8 Å². The van der Waals surface area contributed by atoms with Crippen LogP contribution in [0.4, 0.5) is 4.39 Å². The van der Waals surface area contributed by atoms with E-state index in [1.54, 1.807) is 34.0 Å². The number of benzene rings is 2. The average Bonchev–Trinajstić information content (AvgIpc) is 3.29. The van der Waals surface area contributed by atoms with Crippen LogP contribution in [0.2, 0.25) is 0 Å². The maximum absolute atomic E-state index is 13.5. The summed E-state index contributed by atoms with van der Waals surface area (Å²) in [5, 5.41) is 5.01. The van der Waals surface area contributed by atoms with Gasteiger partial charge < -0.3 is 9.64 Å². The van der Waals surface area contributed by atoms with Crippen molar-refractivity contribution in [3.63, 3.8) is 0 Å². The van der Waals surface area contributed by atoms with Crippen molar-refractivity contribution in [2.24, 2.45) is 0 Å². The molecular weight excluding hydrogens is 473 g/mol. The van der Waals surface area contributed by atoms with Crippen molar-refractivity contribution in [1.29, 1.82) is 0 Å². The number of nitrogens with zero attached hydrogens (tertiary/aromatic N) is 5. The van der Waals surface area contributed by atoms with E-state index in [2.05, 4.69) is 15.1 Å². The summed E-state index contributed by atoms with van der Waals surface area (Å²) < 4.78 is 44.7. The number of ether oxygens (including phenoxy) is 1. The molecule has 1 aliphatic heterocycles. The lowest BCUT2D eigenvalue weighted by Crippen LogP contribution is -2.41. The molecule has 0 aliphatic carbocycles. The molecule has 1 saturated heterocycles. The van der Waals surface area contributed by atoms with Crippen molar-refractivity contribution in [1.82, 2.24) is 24.6 Å². The minimum atomic E-state index is -3.30. The first kappa shape index (κ1) is 22.9. The normalized spacial score (nSPS) is 14.9. The van der Waals surface area contributed by atoms with Gasteiger partial charge in [0.25, 0.3) is 5.91 Å². The molecule has 0 saturated carbocycles. The van der Waals surface area contributed by atoms with Crippen molar-refractivity contribution in [3.05, 3.63) is 72.4 Å². The molecule has 1 fully saturated rings. The van der Waals surface area contributed by atoms with E-state index in [0.29, 0.717) is 54.1 Å². The lowest BCUT2D eigenvalue weighted by atomic mass is 10.1. The smallest absolute Gasteiger partial charge is 0.253 e. The second kappa shape index (κ2) is 9.06. The zero-order valence-corrected chi connectivity index (χ0v) is 19.7. The summed E-state index contributed by atoms with van der Waals surface area (Å²) in [6, 6.07) is 12.1. The van der Waals surface area contributed by atoms with Gasteiger partial charge in [-0.1, -0.05) is 6.07 Å². The van der Waals surface area contributed by atoms with Crippen molar-refractivity contribution in [2.45, 2.75) is 23.8 Å². The Morgan fingerprint density at radius 2 is 1.83 bits per heavy atom. The highest BCUT2D eigenvalue weighted by Gasteiger charge is 2.26. The zero-order valence-electron chi connectivity index (χ0n) is 18.8. The number of likely N-dealkylation sites (tertiary alicyclic amines) is 1. The van der Waals surface area contributed by atoms with Crippen LogP contribution >= 0.6 is 0 Å². The van der Waals surface area contributed by atoms with Crippen LogP contribution in [0.15, 0.2) is 66.0 Å². The van der Waals surface area contributed by atoms with Gasteiger partial charge in [-0.2, -0.15) is 5.10 Å². The van der Waals surface area contributed by atoms with Gasteiger partial charge in [-0.15, -0.1) is 0 Å². The van der Waals surface area contributed by atoms with Crippen LogP contribution < -0.4 is 4.74 Å². The monoisotopic (exact) mass is 495 g/mol. The SMILES string of the molecule is CS(=O)(=O)c1ccc(-n2ncc3c(OC4CCN(C(=O)c5cccc(F)c5)CC4)ncnc32)cc1. The fourth-order valence-corrected chi connectivity index (χ4v) is 4.71. The highest BCUT2D eigenvalue weighted by molar-refractivity contribution is 7.90. The molecule has 4 aromatic rings. The Bertz CT molecular complexity index is 1500. The molecule has 0 radical (unpaired) electrons. The molecule has 2 aromatic heterocycles. The fraction of sp³-hybridized carbons (Fsp3) is 0.250. The minimum absolute atomic E-state index is 0.151. The molecule has 11 heteroatoms. The second-order valence-corrected chi connectivity index (χ2v) is 10.4. The molecule has 0 spiro atoms. The first-order chi connectivity index (χ1) is 16.8. The van der Waals surface area contributed by atoms with Gasteiger partial charge in [0.15, 0.2) is 15.5 Å². The predicted octanol–water partition coefficient (Wildman–Crippen LogP) is 3.04. The minimum Gasteiger partial charge on any atom is -0.474 e. The van der Waals surface area contributed by atoms with Gasteiger partial charge in [0.2, 0.25) is 5.88 Å². The molecule has 0 bridgehead atoms.